The Morgan fingerprint density at radius 1 is 1.60 bits per heavy atom. The molecule has 0 radical (unpaired) electrons. The first kappa shape index (κ1) is 11.2. The molecule has 0 aliphatic carbocycles. The third kappa shape index (κ3) is 2.34. The van der Waals surface area contributed by atoms with Gasteiger partial charge in [-0.2, -0.15) is 4.68 Å². The topological polar surface area (TPSA) is 64.4 Å². The van der Waals surface area contributed by atoms with Crippen molar-refractivity contribution in [2.24, 2.45) is 0 Å². The van der Waals surface area contributed by atoms with Crippen LogP contribution in [0.25, 0.3) is 0 Å². The Morgan fingerprint density at radius 2 is 2.27 bits per heavy atom. The number of ether oxygens (including phenoxy) is 1. The molecule has 0 amide bonds. The standard InChI is InChI=1S/C9H13N3O3/c1-4-15-9(14)8-10-6-5-7(13)12(8)11(2)3/h5-6H,4H2,1-3H3. The summed E-state index contributed by atoms with van der Waals surface area (Å²) < 4.78 is 5.94. The molecule has 0 bridgehead atoms. The maximum Gasteiger partial charge on any atom is 0.376 e. The number of nitrogens with zero attached hydrogens (tertiary/aromatic N) is 3. The summed E-state index contributed by atoms with van der Waals surface area (Å²) in [6.45, 7) is 1.94. The molecular weight excluding hydrogens is 198 g/mol. The monoisotopic (exact) mass is 211 g/mol. The quantitative estimate of drug-likeness (QED) is 0.637. The lowest BCUT2D eigenvalue weighted by Gasteiger charge is -2.17. The molecule has 0 fully saturated rings. The van der Waals surface area contributed by atoms with Gasteiger partial charge in [0.2, 0.25) is 5.82 Å². The van der Waals surface area contributed by atoms with Gasteiger partial charge in [0.25, 0.3) is 5.56 Å². The minimum absolute atomic E-state index is 0.0191. The smallest absolute Gasteiger partial charge is 0.376 e. The largest absolute Gasteiger partial charge is 0.460 e. The number of aromatic nitrogens is 2. The Labute approximate surface area is 87.1 Å². The van der Waals surface area contributed by atoms with Gasteiger partial charge in [-0.15, -0.1) is 0 Å². The van der Waals surface area contributed by atoms with Crippen molar-refractivity contribution >= 4 is 5.97 Å². The second kappa shape index (κ2) is 4.59. The Hall–Kier alpha value is -1.85. The fraction of sp³-hybridized carbons (Fsp3) is 0.444. The maximum atomic E-state index is 11.5. The van der Waals surface area contributed by atoms with Gasteiger partial charge in [-0.1, -0.05) is 0 Å². The van der Waals surface area contributed by atoms with Crippen LogP contribution in [0.5, 0.6) is 0 Å². The fourth-order valence-electron chi connectivity index (χ4n) is 1.12. The predicted molar refractivity (Wildman–Crippen MR) is 54.5 cm³/mol. The first-order valence-electron chi connectivity index (χ1n) is 4.50. The summed E-state index contributed by atoms with van der Waals surface area (Å²) in [6.07, 6.45) is 1.29. The zero-order chi connectivity index (χ0) is 11.4. The number of rotatable bonds is 3. The molecular formula is C9H13N3O3. The van der Waals surface area contributed by atoms with Gasteiger partial charge < -0.3 is 9.75 Å². The number of carbonyl (C=O) groups is 1. The summed E-state index contributed by atoms with van der Waals surface area (Å²) in [5.74, 6) is -0.627. The molecule has 0 aromatic carbocycles. The van der Waals surface area contributed by atoms with Crippen LogP contribution < -0.4 is 10.6 Å². The van der Waals surface area contributed by atoms with Gasteiger partial charge in [0, 0.05) is 26.4 Å². The van der Waals surface area contributed by atoms with Crippen LogP contribution in [0.2, 0.25) is 0 Å². The molecule has 0 saturated carbocycles. The summed E-state index contributed by atoms with van der Waals surface area (Å²) in [6, 6.07) is 1.28. The van der Waals surface area contributed by atoms with Gasteiger partial charge in [-0.3, -0.25) is 4.79 Å². The van der Waals surface area contributed by atoms with Crippen molar-refractivity contribution in [3.8, 4) is 0 Å². The fourth-order valence-corrected chi connectivity index (χ4v) is 1.12. The third-order valence-electron chi connectivity index (χ3n) is 1.68. The van der Waals surface area contributed by atoms with E-state index in [0.717, 1.165) is 4.68 Å². The van der Waals surface area contributed by atoms with Gasteiger partial charge >= 0.3 is 5.97 Å². The van der Waals surface area contributed by atoms with Gasteiger partial charge in [-0.05, 0) is 6.92 Å². The van der Waals surface area contributed by atoms with Crippen LogP contribution in [0.15, 0.2) is 17.1 Å². The Balaban J connectivity index is 3.23. The lowest BCUT2D eigenvalue weighted by molar-refractivity contribution is 0.0503. The van der Waals surface area contributed by atoms with Crippen LogP contribution in [0.3, 0.4) is 0 Å². The second-order valence-electron chi connectivity index (χ2n) is 2.99. The van der Waals surface area contributed by atoms with Crippen molar-refractivity contribution in [2.45, 2.75) is 6.92 Å². The summed E-state index contributed by atoms with van der Waals surface area (Å²) >= 11 is 0. The molecule has 6 heteroatoms. The van der Waals surface area contributed by atoms with Crippen LogP contribution in [0.4, 0.5) is 0 Å². The highest BCUT2D eigenvalue weighted by Gasteiger charge is 2.15. The van der Waals surface area contributed by atoms with E-state index in [4.69, 9.17) is 4.74 Å². The summed E-state index contributed by atoms with van der Waals surface area (Å²) in [7, 11) is 3.29. The minimum atomic E-state index is -0.607. The van der Waals surface area contributed by atoms with Gasteiger partial charge in [0.15, 0.2) is 0 Å². The molecule has 82 valence electrons. The highest BCUT2D eigenvalue weighted by molar-refractivity contribution is 5.85. The molecule has 15 heavy (non-hydrogen) atoms. The average molecular weight is 211 g/mol. The van der Waals surface area contributed by atoms with E-state index in [2.05, 4.69) is 4.98 Å². The number of carbonyl (C=O) groups excluding carboxylic acids is 1. The molecule has 0 unspecified atom stereocenters. The Bertz CT molecular complexity index is 411. The Morgan fingerprint density at radius 3 is 2.80 bits per heavy atom. The molecule has 1 heterocycles. The summed E-state index contributed by atoms with van der Waals surface area (Å²) in [4.78, 5) is 26.7. The zero-order valence-electron chi connectivity index (χ0n) is 8.93. The molecule has 0 aliphatic heterocycles. The van der Waals surface area contributed by atoms with Crippen LogP contribution >= 0.6 is 0 Å². The van der Waals surface area contributed by atoms with Crippen molar-refractivity contribution < 1.29 is 9.53 Å². The highest BCUT2D eigenvalue weighted by Crippen LogP contribution is 1.95. The van der Waals surface area contributed by atoms with Gasteiger partial charge in [0.05, 0.1) is 6.61 Å². The maximum absolute atomic E-state index is 11.5. The van der Waals surface area contributed by atoms with Crippen molar-refractivity contribution in [2.75, 3.05) is 25.7 Å². The van der Waals surface area contributed by atoms with E-state index in [1.54, 1.807) is 21.0 Å². The van der Waals surface area contributed by atoms with Crippen molar-refractivity contribution in [1.29, 1.82) is 0 Å². The average Bonchev–Trinajstić information content (AvgIpc) is 2.17. The first-order chi connectivity index (χ1) is 7.07. The van der Waals surface area contributed by atoms with Gasteiger partial charge in [0.1, 0.15) is 0 Å². The predicted octanol–water partition coefficient (Wildman–Crippen LogP) is -0.382. The van der Waals surface area contributed by atoms with Crippen LogP contribution in [-0.2, 0) is 4.74 Å². The molecule has 0 aliphatic rings. The van der Waals surface area contributed by atoms with Gasteiger partial charge in [-0.25, -0.2) is 9.78 Å². The van der Waals surface area contributed by atoms with E-state index in [1.165, 1.54) is 17.3 Å². The van der Waals surface area contributed by atoms with E-state index in [9.17, 15) is 9.59 Å². The lowest BCUT2D eigenvalue weighted by Crippen LogP contribution is -2.40. The first-order valence-corrected chi connectivity index (χ1v) is 4.50. The highest BCUT2D eigenvalue weighted by atomic mass is 16.5. The molecule has 0 N–H and O–H groups in total. The molecule has 1 aromatic rings. The number of hydrogen-bond acceptors (Lipinski definition) is 5. The molecule has 0 saturated heterocycles. The lowest BCUT2D eigenvalue weighted by atomic mass is 10.5. The summed E-state index contributed by atoms with van der Waals surface area (Å²) in [5, 5.41) is 1.47. The Kier molecular flexibility index (Phi) is 3.43. The third-order valence-corrected chi connectivity index (χ3v) is 1.68. The van der Waals surface area contributed by atoms with E-state index < -0.39 is 5.97 Å². The number of esters is 1. The molecule has 0 atom stereocenters. The van der Waals surface area contributed by atoms with Crippen LogP contribution in [-0.4, -0.2) is 36.3 Å². The van der Waals surface area contributed by atoms with E-state index >= 15 is 0 Å². The van der Waals surface area contributed by atoms with E-state index in [-0.39, 0.29) is 18.0 Å². The zero-order valence-corrected chi connectivity index (χ0v) is 8.93. The van der Waals surface area contributed by atoms with Crippen molar-refractivity contribution in [3.63, 3.8) is 0 Å². The minimum Gasteiger partial charge on any atom is -0.460 e. The van der Waals surface area contributed by atoms with Crippen molar-refractivity contribution in [1.82, 2.24) is 9.66 Å². The second-order valence-corrected chi connectivity index (χ2v) is 2.99. The van der Waals surface area contributed by atoms with E-state index in [1.807, 2.05) is 0 Å². The van der Waals surface area contributed by atoms with E-state index in [0.29, 0.717) is 0 Å². The molecule has 1 rings (SSSR count). The van der Waals surface area contributed by atoms with Crippen molar-refractivity contribution in [3.05, 3.63) is 28.4 Å². The molecule has 6 nitrogen and oxygen atoms in total. The normalized spacial score (nSPS) is 9.80. The van der Waals surface area contributed by atoms with Crippen LogP contribution in [0, 0.1) is 0 Å². The van der Waals surface area contributed by atoms with Crippen LogP contribution in [0.1, 0.15) is 17.5 Å². The molecule has 1 aromatic heterocycles. The molecule has 0 spiro atoms. The SMILES string of the molecule is CCOC(=O)c1nccc(=O)n1N(C)C. The number of hydrogen-bond donors (Lipinski definition) is 0. The summed E-state index contributed by atoms with van der Waals surface area (Å²) in [5.41, 5.74) is -0.321.